The number of rotatable bonds is 4. The maximum Gasteiger partial charge on any atom is 0.253 e. The number of aliphatic hydroxyl groups excluding tert-OH is 1. The second-order valence-electron chi connectivity index (χ2n) is 7.50. The Morgan fingerprint density at radius 1 is 1.03 bits per heavy atom. The van der Waals surface area contributed by atoms with Gasteiger partial charge in [-0.05, 0) is 47.9 Å². The molecular weight excluding hydrogens is 362 g/mol. The molecule has 0 saturated carbocycles. The normalized spacial score (nSPS) is 13.6. The van der Waals surface area contributed by atoms with Gasteiger partial charge in [0.05, 0.1) is 11.8 Å². The van der Waals surface area contributed by atoms with Crippen molar-refractivity contribution in [2.45, 2.75) is 19.4 Å². The van der Waals surface area contributed by atoms with Crippen molar-refractivity contribution < 1.29 is 9.90 Å². The van der Waals surface area contributed by atoms with Crippen LogP contribution in [0.15, 0.2) is 61.1 Å². The third kappa shape index (κ3) is 3.69. The second-order valence-corrected chi connectivity index (χ2v) is 7.50. The van der Waals surface area contributed by atoms with Gasteiger partial charge in [-0.2, -0.15) is 0 Å². The molecule has 1 aliphatic rings. The van der Waals surface area contributed by atoms with Gasteiger partial charge in [-0.15, -0.1) is 0 Å². The summed E-state index contributed by atoms with van der Waals surface area (Å²) in [5.74, 6) is -0.0161. The molecule has 1 atom stereocenters. The number of benzene rings is 1. The number of nitrogens with zero attached hydrogens (tertiary/aromatic N) is 3. The number of aromatic nitrogens is 2. The first-order valence-corrected chi connectivity index (χ1v) is 9.59. The van der Waals surface area contributed by atoms with Crippen molar-refractivity contribution in [3.63, 3.8) is 0 Å². The molecule has 0 saturated heterocycles. The van der Waals surface area contributed by atoms with Crippen LogP contribution in [-0.2, 0) is 6.42 Å². The fraction of sp³-hybridized carbons (Fsp3) is 0.208. The van der Waals surface area contributed by atoms with Crippen molar-refractivity contribution in [1.82, 2.24) is 14.9 Å². The van der Waals surface area contributed by atoms with Gasteiger partial charge >= 0.3 is 0 Å². The number of fused-ring (bicyclic) bond motifs is 1. The summed E-state index contributed by atoms with van der Waals surface area (Å²) in [6, 6.07) is 11.7. The maximum absolute atomic E-state index is 12.1. The first-order chi connectivity index (χ1) is 13.9. The zero-order valence-corrected chi connectivity index (χ0v) is 16.8. The van der Waals surface area contributed by atoms with Crippen LogP contribution in [0.4, 0.5) is 0 Å². The summed E-state index contributed by atoms with van der Waals surface area (Å²) in [4.78, 5) is 22.6. The molecule has 4 rings (SSSR count). The van der Waals surface area contributed by atoms with Crippen molar-refractivity contribution in [3.8, 4) is 11.1 Å². The molecule has 5 nitrogen and oxygen atoms in total. The average molecular weight is 385 g/mol. The van der Waals surface area contributed by atoms with Gasteiger partial charge in [-0.1, -0.05) is 18.2 Å². The molecule has 1 amide bonds. The summed E-state index contributed by atoms with van der Waals surface area (Å²) in [7, 11) is 3.49. The minimum absolute atomic E-state index is 0.0161. The minimum atomic E-state index is -0.553. The maximum atomic E-state index is 12.1. The smallest absolute Gasteiger partial charge is 0.253 e. The van der Waals surface area contributed by atoms with E-state index in [-0.39, 0.29) is 5.91 Å². The van der Waals surface area contributed by atoms with E-state index in [4.69, 9.17) is 0 Å². The number of amides is 1. The van der Waals surface area contributed by atoms with E-state index >= 15 is 0 Å². The SMILES string of the molecule is CC(O)c1cnc2c(c1)C(c1cncc(-c3ccc(C(=O)N(C)C)cc3)c1)=CC2. The molecule has 0 radical (unpaired) electrons. The summed E-state index contributed by atoms with van der Waals surface area (Å²) in [5, 5.41) is 9.90. The van der Waals surface area contributed by atoms with Crippen LogP contribution in [0.1, 0.15) is 45.8 Å². The molecule has 146 valence electrons. The predicted molar refractivity (Wildman–Crippen MR) is 113 cm³/mol. The van der Waals surface area contributed by atoms with Crippen LogP contribution in [-0.4, -0.2) is 40.0 Å². The zero-order chi connectivity index (χ0) is 20.5. The van der Waals surface area contributed by atoms with Crippen LogP contribution < -0.4 is 0 Å². The Bertz CT molecular complexity index is 1100. The van der Waals surface area contributed by atoms with E-state index in [1.807, 2.05) is 42.7 Å². The molecule has 0 spiro atoms. The number of pyridine rings is 2. The van der Waals surface area contributed by atoms with Crippen molar-refractivity contribution in [1.29, 1.82) is 0 Å². The third-order valence-electron chi connectivity index (χ3n) is 5.18. The fourth-order valence-electron chi connectivity index (χ4n) is 3.52. The highest BCUT2D eigenvalue weighted by Gasteiger charge is 2.19. The molecule has 1 N–H and O–H groups in total. The number of carbonyl (C=O) groups excluding carboxylic acids is 1. The Balaban J connectivity index is 1.66. The van der Waals surface area contributed by atoms with Gasteiger partial charge in [0.1, 0.15) is 0 Å². The Morgan fingerprint density at radius 2 is 1.76 bits per heavy atom. The number of hydrogen-bond acceptors (Lipinski definition) is 4. The monoisotopic (exact) mass is 385 g/mol. The highest BCUT2D eigenvalue weighted by molar-refractivity contribution is 5.94. The molecule has 2 heterocycles. The van der Waals surface area contributed by atoms with Gasteiger partial charge in [0.15, 0.2) is 0 Å². The largest absolute Gasteiger partial charge is 0.389 e. The van der Waals surface area contributed by atoms with E-state index in [9.17, 15) is 9.90 Å². The lowest BCUT2D eigenvalue weighted by Gasteiger charge is -2.12. The Kier molecular flexibility index (Phi) is 4.99. The van der Waals surface area contributed by atoms with Crippen molar-refractivity contribution in [2.75, 3.05) is 14.1 Å². The first kappa shape index (κ1) is 19.0. The molecule has 1 aliphatic carbocycles. The summed E-state index contributed by atoms with van der Waals surface area (Å²) in [6.07, 6.45) is 7.80. The van der Waals surface area contributed by atoms with Crippen LogP contribution in [0.5, 0.6) is 0 Å². The van der Waals surface area contributed by atoms with Gasteiger partial charge in [-0.3, -0.25) is 14.8 Å². The van der Waals surface area contributed by atoms with Gasteiger partial charge in [0.25, 0.3) is 5.91 Å². The molecular formula is C24H23N3O2. The number of carbonyl (C=O) groups is 1. The number of allylic oxidation sites excluding steroid dienone is 1. The minimum Gasteiger partial charge on any atom is -0.389 e. The quantitative estimate of drug-likeness (QED) is 0.740. The van der Waals surface area contributed by atoms with Crippen molar-refractivity contribution >= 4 is 11.5 Å². The van der Waals surface area contributed by atoms with Gasteiger partial charge < -0.3 is 10.0 Å². The Labute approximate surface area is 170 Å². The van der Waals surface area contributed by atoms with E-state index < -0.39 is 6.10 Å². The van der Waals surface area contributed by atoms with E-state index in [0.717, 1.165) is 45.5 Å². The second kappa shape index (κ2) is 7.60. The summed E-state index contributed by atoms with van der Waals surface area (Å²) < 4.78 is 0. The summed E-state index contributed by atoms with van der Waals surface area (Å²) in [5.41, 5.74) is 7.62. The number of aliphatic hydroxyl groups is 1. The molecule has 1 unspecified atom stereocenters. The molecule has 2 aromatic heterocycles. The molecule has 3 aromatic rings. The van der Waals surface area contributed by atoms with Crippen LogP contribution in [0.2, 0.25) is 0 Å². The Morgan fingerprint density at radius 3 is 2.45 bits per heavy atom. The van der Waals surface area contributed by atoms with E-state index in [0.29, 0.717) is 5.56 Å². The first-order valence-electron chi connectivity index (χ1n) is 9.59. The molecule has 5 heteroatoms. The molecule has 29 heavy (non-hydrogen) atoms. The molecule has 0 aliphatic heterocycles. The van der Waals surface area contributed by atoms with Crippen LogP contribution in [0.25, 0.3) is 16.7 Å². The van der Waals surface area contributed by atoms with Crippen LogP contribution in [0.3, 0.4) is 0 Å². The predicted octanol–water partition coefficient (Wildman–Crippen LogP) is 3.89. The fourth-order valence-corrected chi connectivity index (χ4v) is 3.52. The highest BCUT2D eigenvalue weighted by atomic mass is 16.3. The molecule has 0 fully saturated rings. The third-order valence-corrected chi connectivity index (χ3v) is 5.18. The van der Waals surface area contributed by atoms with E-state index in [1.54, 1.807) is 32.1 Å². The van der Waals surface area contributed by atoms with Crippen molar-refractivity contribution in [3.05, 3.63) is 89.0 Å². The standard InChI is InChI=1S/C24H23N3O2/c1-15(28)18-11-22-21(8-9-23(22)26-14-18)20-10-19(12-25-13-20)16-4-6-17(7-5-16)24(29)27(2)3/h4-8,10-15,28H,9H2,1-3H3. The highest BCUT2D eigenvalue weighted by Crippen LogP contribution is 2.34. The Hall–Kier alpha value is -3.31. The summed E-state index contributed by atoms with van der Waals surface area (Å²) >= 11 is 0. The zero-order valence-electron chi connectivity index (χ0n) is 16.8. The van der Waals surface area contributed by atoms with E-state index in [2.05, 4.69) is 22.1 Å². The average Bonchev–Trinajstić information content (AvgIpc) is 3.16. The summed E-state index contributed by atoms with van der Waals surface area (Å²) in [6.45, 7) is 1.74. The molecule has 0 bridgehead atoms. The molecule has 1 aromatic carbocycles. The van der Waals surface area contributed by atoms with Gasteiger partial charge in [-0.25, -0.2) is 0 Å². The van der Waals surface area contributed by atoms with Crippen molar-refractivity contribution in [2.24, 2.45) is 0 Å². The lowest BCUT2D eigenvalue weighted by atomic mass is 9.97. The van der Waals surface area contributed by atoms with E-state index in [1.165, 1.54) is 0 Å². The lowest BCUT2D eigenvalue weighted by molar-refractivity contribution is 0.0827. The van der Waals surface area contributed by atoms with Gasteiger partial charge in [0, 0.05) is 61.4 Å². The lowest BCUT2D eigenvalue weighted by Crippen LogP contribution is -2.21. The van der Waals surface area contributed by atoms with Gasteiger partial charge in [0.2, 0.25) is 0 Å². The van der Waals surface area contributed by atoms with Crippen LogP contribution >= 0.6 is 0 Å². The topological polar surface area (TPSA) is 66.3 Å². The number of hydrogen-bond donors (Lipinski definition) is 1. The van der Waals surface area contributed by atoms with Crippen LogP contribution in [0, 0.1) is 0 Å².